The van der Waals surface area contributed by atoms with E-state index in [9.17, 15) is 55.2 Å². The lowest BCUT2D eigenvalue weighted by molar-refractivity contribution is -0.191. The van der Waals surface area contributed by atoms with Crippen LogP contribution in [0.15, 0.2) is 0 Å². The minimum absolute atomic E-state index is 0.118. The van der Waals surface area contributed by atoms with Crippen molar-refractivity contribution in [3.05, 3.63) is 0 Å². The zero-order valence-electron chi connectivity index (χ0n) is 24.4. The number of carboxylic acids is 3. The van der Waals surface area contributed by atoms with E-state index >= 15 is 0 Å². The number of carboxylic acid groups (broad SMARTS) is 3. The summed E-state index contributed by atoms with van der Waals surface area (Å²) in [4.78, 5) is 35.6. The second-order valence-electron chi connectivity index (χ2n) is 11.7. The summed E-state index contributed by atoms with van der Waals surface area (Å²) in [5, 5.41) is 82.2. The van der Waals surface area contributed by atoms with Crippen molar-refractivity contribution in [1.29, 1.82) is 0 Å². The first-order valence-corrected chi connectivity index (χ1v) is 14.3. The van der Waals surface area contributed by atoms with Gasteiger partial charge in [0.2, 0.25) is 0 Å². The number of nitrogens with two attached hydrogens (primary N) is 1. The van der Waals surface area contributed by atoms with Crippen molar-refractivity contribution in [3.8, 4) is 0 Å². The highest BCUT2D eigenvalue weighted by Gasteiger charge is 2.55. The third-order valence-corrected chi connectivity index (χ3v) is 7.78. The van der Waals surface area contributed by atoms with Gasteiger partial charge in [0, 0.05) is 12.5 Å². The Kier molecular flexibility index (Phi) is 17.7. The molecule has 40 heavy (non-hydrogen) atoms. The fourth-order valence-electron chi connectivity index (χ4n) is 5.47. The maximum Gasteiger partial charge on any atom is 0.310 e. The minimum atomic E-state index is -2.47. The summed E-state index contributed by atoms with van der Waals surface area (Å²) >= 11 is 0. The number of hydrogen-bond donors (Lipinski definition) is 9. The fraction of sp³-hybridized carbons (Fsp3) is 0.893. The monoisotopic (exact) mass is 579 g/mol. The summed E-state index contributed by atoms with van der Waals surface area (Å²) in [5.41, 5.74) is 3.13. The predicted molar refractivity (Wildman–Crippen MR) is 147 cm³/mol. The molecule has 0 aromatic rings. The molecule has 0 fully saturated rings. The van der Waals surface area contributed by atoms with Gasteiger partial charge in [0.15, 0.2) is 0 Å². The van der Waals surface area contributed by atoms with Crippen molar-refractivity contribution in [3.63, 3.8) is 0 Å². The molecule has 0 bridgehead atoms. The average molecular weight is 580 g/mol. The van der Waals surface area contributed by atoms with Crippen LogP contribution >= 0.6 is 0 Å². The van der Waals surface area contributed by atoms with Crippen LogP contribution in [0.3, 0.4) is 0 Å². The van der Waals surface area contributed by atoms with Crippen molar-refractivity contribution in [1.82, 2.24) is 0 Å². The largest absolute Gasteiger partial charge is 0.481 e. The third kappa shape index (κ3) is 13.2. The summed E-state index contributed by atoms with van der Waals surface area (Å²) in [6.07, 6.45) is -1.41. The first-order valence-electron chi connectivity index (χ1n) is 14.3. The lowest BCUT2D eigenvalue weighted by atomic mass is 9.66. The van der Waals surface area contributed by atoms with E-state index < -0.39 is 84.1 Å². The SMILES string of the molecule is CCCCC(C)C(O)C(O)(CC(C)CC(O)CCCCC(O)CC(O)C(C)N)C(C(=O)O)C(CC(=O)O)C(=O)O. The van der Waals surface area contributed by atoms with Crippen molar-refractivity contribution in [2.75, 3.05) is 0 Å². The topological polar surface area (TPSA) is 239 Å². The first-order chi connectivity index (χ1) is 18.5. The Morgan fingerprint density at radius 3 is 1.75 bits per heavy atom. The van der Waals surface area contributed by atoms with Gasteiger partial charge in [-0.25, -0.2) is 0 Å². The number of aliphatic carboxylic acids is 3. The van der Waals surface area contributed by atoms with Gasteiger partial charge in [-0.15, -0.1) is 0 Å². The number of hydrogen-bond acceptors (Lipinski definition) is 9. The maximum atomic E-state index is 12.3. The molecule has 236 valence electrons. The van der Waals surface area contributed by atoms with Gasteiger partial charge in [0.25, 0.3) is 0 Å². The van der Waals surface area contributed by atoms with Crippen LogP contribution in [0.4, 0.5) is 0 Å². The predicted octanol–water partition coefficient (Wildman–Crippen LogP) is 1.58. The van der Waals surface area contributed by atoms with Crippen LogP contribution in [0.2, 0.25) is 0 Å². The number of rotatable bonds is 23. The van der Waals surface area contributed by atoms with Gasteiger partial charge in [-0.3, -0.25) is 14.4 Å². The maximum absolute atomic E-state index is 12.3. The standard InChI is InChI=1S/C28H53NO11/c1-5-6-9-17(3)25(35)28(40,24(27(38)39)21(26(36)37)14-23(33)34)15-16(2)12-19(30)10-7-8-11-20(31)13-22(32)18(4)29/h16-22,24-25,30-32,35,40H,5-15,29H2,1-4H3,(H,33,34)(H,36,37)(H,38,39). The van der Waals surface area contributed by atoms with Crippen LogP contribution in [-0.4, -0.2) is 94.8 Å². The number of unbranched alkanes of at least 4 members (excludes halogenated alkanes) is 2. The van der Waals surface area contributed by atoms with Crippen LogP contribution < -0.4 is 5.73 Å². The third-order valence-electron chi connectivity index (χ3n) is 7.78. The molecule has 0 radical (unpaired) electrons. The van der Waals surface area contributed by atoms with Gasteiger partial charge < -0.3 is 46.6 Å². The lowest BCUT2D eigenvalue weighted by Gasteiger charge is -2.43. The van der Waals surface area contributed by atoms with E-state index in [0.717, 1.165) is 6.42 Å². The van der Waals surface area contributed by atoms with E-state index in [1.807, 2.05) is 6.92 Å². The zero-order chi connectivity index (χ0) is 31.2. The molecule has 12 heteroatoms. The molecule has 0 saturated heterocycles. The summed E-state index contributed by atoms with van der Waals surface area (Å²) in [6.45, 7) is 6.83. The molecule has 10 atom stereocenters. The van der Waals surface area contributed by atoms with Gasteiger partial charge in [0.1, 0.15) is 11.5 Å². The molecule has 0 aliphatic heterocycles. The molecular formula is C28H53NO11. The summed E-state index contributed by atoms with van der Waals surface area (Å²) in [5.74, 6) is -10.2. The molecular weight excluding hydrogens is 526 g/mol. The second kappa shape index (κ2) is 18.6. The Morgan fingerprint density at radius 1 is 0.800 bits per heavy atom. The molecule has 10 unspecified atom stereocenters. The van der Waals surface area contributed by atoms with E-state index in [1.54, 1.807) is 20.8 Å². The lowest BCUT2D eigenvalue weighted by Crippen LogP contribution is -2.58. The van der Waals surface area contributed by atoms with E-state index in [-0.39, 0.29) is 19.3 Å². The molecule has 12 nitrogen and oxygen atoms in total. The summed E-state index contributed by atoms with van der Waals surface area (Å²) in [6, 6.07) is -0.458. The average Bonchev–Trinajstić information content (AvgIpc) is 2.83. The van der Waals surface area contributed by atoms with Gasteiger partial charge in [-0.2, -0.15) is 0 Å². The number of aliphatic hydroxyl groups is 5. The quantitative estimate of drug-likeness (QED) is 0.0784. The zero-order valence-corrected chi connectivity index (χ0v) is 24.4. The van der Waals surface area contributed by atoms with Crippen LogP contribution in [0.1, 0.15) is 98.3 Å². The van der Waals surface area contributed by atoms with Gasteiger partial charge >= 0.3 is 17.9 Å². The highest BCUT2D eigenvalue weighted by Crippen LogP contribution is 2.40. The van der Waals surface area contributed by atoms with E-state index in [2.05, 4.69) is 0 Å². The van der Waals surface area contributed by atoms with Gasteiger partial charge in [-0.05, 0) is 50.9 Å². The second-order valence-corrected chi connectivity index (χ2v) is 11.7. The molecule has 10 N–H and O–H groups in total. The first kappa shape index (κ1) is 38.2. The minimum Gasteiger partial charge on any atom is -0.481 e. The van der Waals surface area contributed by atoms with Crippen molar-refractivity contribution in [2.24, 2.45) is 29.4 Å². The van der Waals surface area contributed by atoms with Crippen LogP contribution in [-0.2, 0) is 14.4 Å². The number of carbonyl (C=O) groups is 3. The molecule has 0 aliphatic carbocycles. The normalized spacial score (nSPS) is 20.2. The van der Waals surface area contributed by atoms with Crippen LogP contribution in [0.5, 0.6) is 0 Å². The smallest absolute Gasteiger partial charge is 0.310 e. The van der Waals surface area contributed by atoms with E-state index in [0.29, 0.717) is 38.5 Å². The van der Waals surface area contributed by atoms with Crippen LogP contribution in [0.25, 0.3) is 0 Å². The van der Waals surface area contributed by atoms with Crippen molar-refractivity contribution < 1.29 is 55.2 Å². The molecule has 0 aromatic heterocycles. The van der Waals surface area contributed by atoms with Crippen LogP contribution in [0, 0.1) is 23.7 Å². The molecule has 0 saturated carbocycles. The van der Waals surface area contributed by atoms with Gasteiger partial charge in [0.05, 0.1) is 36.8 Å². The Morgan fingerprint density at radius 2 is 1.32 bits per heavy atom. The Balaban J connectivity index is 5.61. The van der Waals surface area contributed by atoms with E-state index in [1.165, 1.54) is 0 Å². The molecule has 0 heterocycles. The summed E-state index contributed by atoms with van der Waals surface area (Å²) < 4.78 is 0. The fourth-order valence-corrected chi connectivity index (χ4v) is 5.47. The number of aliphatic hydroxyl groups excluding tert-OH is 4. The molecule has 0 rings (SSSR count). The Hall–Kier alpha value is -1.83. The highest BCUT2D eigenvalue weighted by molar-refractivity contribution is 5.84. The Labute approximate surface area is 237 Å². The molecule has 0 aromatic carbocycles. The highest BCUT2D eigenvalue weighted by atomic mass is 16.4. The summed E-state index contributed by atoms with van der Waals surface area (Å²) in [7, 11) is 0. The van der Waals surface area contributed by atoms with E-state index in [4.69, 9.17) is 5.73 Å². The molecule has 0 aliphatic rings. The molecule has 0 amide bonds. The Bertz CT molecular complexity index is 765. The molecule has 0 spiro atoms. The van der Waals surface area contributed by atoms with Gasteiger partial charge in [-0.1, -0.05) is 46.5 Å². The van der Waals surface area contributed by atoms with Crippen molar-refractivity contribution >= 4 is 17.9 Å². The van der Waals surface area contributed by atoms with Crippen molar-refractivity contribution in [2.45, 2.75) is 134 Å².